The highest BCUT2D eigenvalue weighted by Crippen LogP contribution is 2.22. The molecule has 0 aliphatic carbocycles. The molecule has 2 aromatic carbocycles. The summed E-state index contributed by atoms with van der Waals surface area (Å²) in [4.78, 5) is 0. The molecular formula is C17H10ClFN2O. The summed E-state index contributed by atoms with van der Waals surface area (Å²) in [5, 5.41) is 17.9. The number of nitriles is 2. The van der Waals surface area contributed by atoms with Crippen molar-refractivity contribution in [2.45, 2.75) is 6.61 Å². The molecule has 0 fully saturated rings. The number of benzene rings is 2. The lowest BCUT2D eigenvalue weighted by atomic mass is 10.1. The first-order valence-corrected chi connectivity index (χ1v) is 6.69. The fourth-order valence-electron chi connectivity index (χ4n) is 1.75. The Bertz CT molecular complexity index is 787. The fraction of sp³-hybridized carbons (Fsp3) is 0.0588. The lowest BCUT2D eigenvalue weighted by Crippen LogP contribution is -1.98. The minimum atomic E-state index is -0.573. The maximum absolute atomic E-state index is 14.0. The molecule has 0 radical (unpaired) electrons. The molecule has 0 N–H and O–H groups in total. The molecule has 0 aliphatic rings. The summed E-state index contributed by atoms with van der Waals surface area (Å²) in [6.07, 6.45) is 1.31. The summed E-state index contributed by atoms with van der Waals surface area (Å²) in [6.45, 7) is 0.146. The molecule has 108 valence electrons. The highest BCUT2D eigenvalue weighted by atomic mass is 35.5. The monoisotopic (exact) mass is 312 g/mol. The van der Waals surface area contributed by atoms with Crippen LogP contribution < -0.4 is 4.74 Å². The smallest absolute Gasteiger partial charge is 0.165 e. The molecule has 0 saturated carbocycles. The predicted octanol–water partition coefficient (Wildman–Crippen LogP) is 4.49. The number of hydrogen-bond donors (Lipinski definition) is 0. The van der Waals surface area contributed by atoms with Gasteiger partial charge in [0.15, 0.2) is 11.6 Å². The van der Waals surface area contributed by atoms with Crippen molar-refractivity contribution in [2.24, 2.45) is 0 Å². The van der Waals surface area contributed by atoms with Gasteiger partial charge in [-0.05, 0) is 29.8 Å². The number of nitrogens with zero attached hydrogens (tertiary/aromatic N) is 2. The Labute approximate surface area is 132 Å². The van der Waals surface area contributed by atoms with E-state index in [1.807, 2.05) is 6.07 Å². The normalized spacial score (nSPS) is 9.45. The van der Waals surface area contributed by atoms with Crippen LogP contribution in [0.15, 0.2) is 48.0 Å². The van der Waals surface area contributed by atoms with E-state index in [-0.39, 0.29) is 17.9 Å². The van der Waals surface area contributed by atoms with E-state index in [4.69, 9.17) is 26.9 Å². The van der Waals surface area contributed by atoms with Gasteiger partial charge in [0, 0.05) is 10.6 Å². The van der Waals surface area contributed by atoms with Crippen LogP contribution in [-0.2, 0) is 6.61 Å². The van der Waals surface area contributed by atoms with Crippen molar-refractivity contribution in [1.82, 2.24) is 0 Å². The van der Waals surface area contributed by atoms with Crippen LogP contribution in [0.2, 0.25) is 5.02 Å². The Morgan fingerprint density at radius 3 is 2.55 bits per heavy atom. The fourth-order valence-corrected chi connectivity index (χ4v) is 1.94. The van der Waals surface area contributed by atoms with Crippen LogP contribution in [0.1, 0.15) is 11.1 Å². The van der Waals surface area contributed by atoms with Gasteiger partial charge in [-0.25, -0.2) is 4.39 Å². The first kappa shape index (κ1) is 15.6. The van der Waals surface area contributed by atoms with Gasteiger partial charge in [0.1, 0.15) is 24.3 Å². The largest absolute Gasteiger partial charge is 0.486 e. The average Bonchev–Trinajstić information content (AvgIpc) is 2.53. The third-order valence-electron chi connectivity index (χ3n) is 2.85. The lowest BCUT2D eigenvalue weighted by Gasteiger charge is -2.09. The van der Waals surface area contributed by atoms with Gasteiger partial charge in [0.05, 0.1) is 0 Å². The molecule has 0 bridgehead atoms. The third kappa shape index (κ3) is 3.85. The van der Waals surface area contributed by atoms with Gasteiger partial charge in [-0.15, -0.1) is 0 Å². The van der Waals surface area contributed by atoms with Crippen molar-refractivity contribution in [2.75, 3.05) is 0 Å². The van der Waals surface area contributed by atoms with Crippen LogP contribution in [0.4, 0.5) is 4.39 Å². The van der Waals surface area contributed by atoms with Gasteiger partial charge in [-0.2, -0.15) is 10.5 Å². The highest BCUT2D eigenvalue weighted by Gasteiger charge is 2.06. The third-order valence-corrected chi connectivity index (χ3v) is 3.22. The zero-order chi connectivity index (χ0) is 15.9. The van der Waals surface area contributed by atoms with Crippen molar-refractivity contribution < 1.29 is 9.13 Å². The maximum atomic E-state index is 14.0. The standard InChI is InChI=1S/C17H10ClFN2O/c18-15-4-2-1-3-14(15)11-22-17-6-5-12(8-16(17)19)7-13(9-20)10-21/h1-8H,11H2. The second-order valence-corrected chi connectivity index (χ2v) is 4.76. The van der Waals surface area contributed by atoms with E-state index in [0.717, 1.165) is 5.56 Å². The van der Waals surface area contributed by atoms with Gasteiger partial charge >= 0.3 is 0 Å². The molecule has 0 saturated heterocycles. The van der Waals surface area contributed by atoms with E-state index in [9.17, 15) is 4.39 Å². The highest BCUT2D eigenvalue weighted by molar-refractivity contribution is 6.31. The summed E-state index contributed by atoms with van der Waals surface area (Å²) >= 11 is 6.00. The van der Waals surface area contributed by atoms with Gasteiger partial charge in [-0.3, -0.25) is 0 Å². The molecular weight excluding hydrogens is 303 g/mol. The van der Waals surface area contributed by atoms with Crippen LogP contribution in [0, 0.1) is 28.5 Å². The van der Waals surface area contributed by atoms with Crippen LogP contribution in [0.3, 0.4) is 0 Å². The molecule has 0 aliphatic heterocycles. The zero-order valence-electron chi connectivity index (χ0n) is 11.4. The average molecular weight is 313 g/mol. The lowest BCUT2D eigenvalue weighted by molar-refractivity contribution is 0.290. The van der Waals surface area contributed by atoms with E-state index < -0.39 is 5.82 Å². The second kappa shape index (κ2) is 7.26. The van der Waals surface area contributed by atoms with Crippen molar-refractivity contribution in [3.8, 4) is 17.9 Å². The van der Waals surface area contributed by atoms with Crippen LogP contribution >= 0.6 is 11.6 Å². The number of hydrogen-bond acceptors (Lipinski definition) is 3. The number of ether oxygens (including phenoxy) is 1. The summed E-state index contributed by atoms with van der Waals surface area (Å²) in [6, 6.07) is 14.8. The summed E-state index contributed by atoms with van der Waals surface area (Å²) in [5.74, 6) is -0.497. The molecule has 2 aromatic rings. The van der Waals surface area contributed by atoms with Crippen LogP contribution in [0.25, 0.3) is 6.08 Å². The van der Waals surface area contributed by atoms with Crippen LogP contribution in [-0.4, -0.2) is 0 Å². The van der Waals surface area contributed by atoms with Gasteiger partial charge in [0.2, 0.25) is 0 Å². The number of allylic oxidation sites excluding steroid dienone is 1. The minimum Gasteiger partial charge on any atom is -0.486 e. The van der Waals surface area contributed by atoms with E-state index >= 15 is 0 Å². The molecule has 0 amide bonds. The Morgan fingerprint density at radius 2 is 1.91 bits per heavy atom. The SMILES string of the molecule is N#CC(C#N)=Cc1ccc(OCc2ccccc2Cl)c(F)c1. The first-order valence-electron chi connectivity index (χ1n) is 6.31. The maximum Gasteiger partial charge on any atom is 0.165 e. The van der Waals surface area contributed by atoms with Gasteiger partial charge in [-0.1, -0.05) is 35.9 Å². The molecule has 22 heavy (non-hydrogen) atoms. The topological polar surface area (TPSA) is 56.8 Å². The van der Waals surface area contributed by atoms with Crippen molar-refractivity contribution >= 4 is 17.7 Å². The van der Waals surface area contributed by atoms with E-state index in [0.29, 0.717) is 10.6 Å². The molecule has 2 rings (SSSR count). The molecule has 0 aromatic heterocycles. The first-order chi connectivity index (χ1) is 10.6. The Kier molecular flexibility index (Phi) is 5.14. The quantitative estimate of drug-likeness (QED) is 0.782. The summed E-state index contributed by atoms with van der Waals surface area (Å²) in [5.41, 5.74) is 1.08. The summed E-state index contributed by atoms with van der Waals surface area (Å²) < 4.78 is 19.4. The predicted molar refractivity (Wildman–Crippen MR) is 81.4 cm³/mol. The van der Waals surface area contributed by atoms with Gasteiger partial charge in [0.25, 0.3) is 0 Å². The van der Waals surface area contributed by atoms with E-state index in [1.54, 1.807) is 36.4 Å². The van der Waals surface area contributed by atoms with Gasteiger partial charge < -0.3 is 4.74 Å². The van der Waals surface area contributed by atoms with Crippen molar-refractivity contribution in [3.63, 3.8) is 0 Å². The number of rotatable bonds is 4. The molecule has 0 unspecified atom stereocenters. The van der Waals surface area contributed by atoms with E-state index in [2.05, 4.69) is 0 Å². The Morgan fingerprint density at radius 1 is 1.18 bits per heavy atom. The van der Waals surface area contributed by atoms with E-state index in [1.165, 1.54) is 18.2 Å². The second-order valence-electron chi connectivity index (χ2n) is 4.35. The Balaban J connectivity index is 2.14. The molecule has 0 spiro atoms. The van der Waals surface area contributed by atoms with Crippen LogP contribution in [0.5, 0.6) is 5.75 Å². The zero-order valence-corrected chi connectivity index (χ0v) is 12.1. The number of halogens is 2. The minimum absolute atomic E-state index is 0.0764. The molecule has 5 heteroatoms. The molecule has 0 heterocycles. The Hall–Kier alpha value is -2.82. The molecule has 3 nitrogen and oxygen atoms in total. The van der Waals surface area contributed by atoms with Crippen molar-refractivity contribution in [1.29, 1.82) is 10.5 Å². The molecule has 0 atom stereocenters. The van der Waals surface area contributed by atoms with Crippen molar-refractivity contribution in [3.05, 3.63) is 70.0 Å². The summed E-state index contributed by atoms with van der Waals surface area (Å²) in [7, 11) is 0.